The molecule has 4 saturated carbocycles. The summed E-state index contributed by atoms with van der Waals surface area (Å²) in [6.07, 6.45) is 6.12. The fourth-order valence-electron chi connectivity index (χ4n) is 4.75. The molecule has 0 aromatic carbocycles. The minimum atomic E-state index is -0.227. The number of rotatable bonds is 3. The molecule has 1 amide bonds. The van der Waals surface area contributed by atoms with E-state index < -0.39 is 0 Å². The number of nitrogens with one attached hydrogen (secondary N) is 1. The van der Waals surface area contributed by atoms with Crippen molar-refractivity contribution in [1.29, 1.82) is 0 Å². The highest BCUT2D eigenvalue weighted by Gasteiger charge is 2.56. The molecule has 19 heavy (non-hydrogen) atoms. The lowest BCUT2D eigenvalue weighted by Gasteiger charge is -2.38. The Balaban J connectivity index is 1.35. The Morgan fingerprint density at radius 1 is 1.37 bits per heavy atom. The van der Waals surface area contributed by atoms with Crippen LogP contribution in [0, 0.1) is 17.8 Å². The highest BCUT2D eigenvalue weighted by atomic mass is 32.1. The fourth-order valence-corrected chi connectivity index (χ4v) is 5.36. The van der Waals surface area contributed by atoms with Gasteiger partial charge >= 0.3 is 6.09 Å². The Morgan fingerprint density at radius 2 is 2.16 bits per heavy atom. The molecule has 0 spiro atoms. The van der Waals surface area contributed by atoms with Gasteiger partial charge in [-0.05, 0) is 61.3 Å². The molecule has 0 radical (unpaired) electrons. The number of ether oxygens (including phenoxy) is 1. The second kappa shape index (κ2) is 4.23. The zero-order valence-electron chi connectivity index (χ0n) is 10.9. The predicted octanol–water partition coefficient (Wildman–Crippen LogP) is 3.55. The van der Waals surface area contributed by atoms with Gasteiger partial charge in [-0.3, -0.25) is 0 Å². The van der Waals surface area contributed by atoms with E-state index >= 15 is 0 Å². The van der Waals surface area contributed by atoms with E-state index in [1.807, 2.05) is 17.5 Å². The van der Waals surface area contributed by atoms with Crippen molar-refractivity contribution in [2.24, 2.45) is 17.8 Å². The first-order chi connectivity index (χ1) is 9.22. The van der Waals surface area contributed by atoms with Crippen molar-refractivity contribution in [2.45, 2.75) is 44.2 Å². The van der Waals surface area contributed by atoms with Gasteiger partial charge in [0.15, 0.2) is 0 Å². The molecule has 0 aliphatic heterocycles. The van der Waals surface area contributed by atoms with Crippen molar-refractivity contribution in [2.75, 3.05) is 0 Å². The molecule has 4 aliphatic rings. The summed E-state index contributed by atoms with van der Waals surface area (Å²) in [6, 6.07) is 3.98. The van der Waals surface area contributed by atoms with Crippen LogP contribution < -0.4 is 5.32 Å². The first-order valence-electron chi connectivity index (χ1n) is 7.20. The number of hydrogen-bond donors (Lipinski definition) is 1. The molecular formula is C15H19NO2S. The van der Waals surface area contributed by atoms with Crippen molar-refractivity contribution in [1.82, 2.24) is 5.32 Å². The van der Waals surface area contributed by atoms with E-state index in [2.05, 4.69) is 5.32 Å². The quantitative estimate of drug-likeness (QED) is 0.917. The number of carbonyl (C=O) groups is 1. The maximum Gasteiger partial charge on any atom is 0.407 e. The van der Waals surface area contributed by atoms with Gasteiger partial charge in [-0.15, -0.1) is 11.3 Å². The third-order valence-corrected chi connectivity index (χ3v) is 6.07. The average Bonchev–Trinajstić information content (AvgIpc) is 3.01. The average molecular weight is 277 g/mol. The van der Waals surface area contributed by atoms with Gasteiger partial charge in [0.1, 0.15) is 6.61 Å². The Hall–Kier alpha value is -1.03. The molecule has 1 N–H and O–H groups in total. The van der Waals surface area contributed by atoms with Crippen LogP contribution in [0.4, 0.5) is 4.79 Å². The summed E-state index contributed by atoms with van der Waals surface area (Å²) < 4.78 is 5.34. The molecule has 1 heterocycles. The van der Waals surface area contributed by atoms with E-state index in [4.69, 9.17) is 4.74 Å². The number of amides is 1. The zero-order valence-corrected chi connectivity index (χ0v) is 11.7. The van der Waals surface area contributed by atoms with E-state index in [-0.39, 0.29) is 11.6 Å². The van der Waals surface area contributed by atoms with Gasteiger partial charge in [-0.1, -0.05) is 6.07 Å². The monoisotopic (exact) mass is 277 g/mol. The van der Waals surface area contributed by atoms with Crippen LogP contribution in [0.5, 0.6) is 0 Å². The Bertz CT molecular complexity index is 465. The summed E-state index contributed by atoms with van der Waals surface area (Å²) in [5.74, 6) is 2.60. The van der Waals surface area contributed by atoms with Crippen LogP contribution in [0.25, 0.3) is 0 Å². The van der Waals surface area contributed by atoms with Crippen LogP contribution in [0.2, 0.25) is 0 Å². The molecule has 2 atom stereocenters. The summed E-state index contributed by atoms with van der Waals surface area (Å²) in [4.78, 5) is 13.1. The first kappa shape index (κ1) is 11.8. The summed E-state index contributed by atoms with van der Waals surface area (Å²) in [5.41, 5.74) is 0.0725. The van der Waals surface area contributed by atoms with Gasteiger partial charge < -0.3 is 10.1 Å². The maximum atomic E-state index is 12.0. The van der Waals surface area contributed by atoms with Crippen LogP contribution in [0.3, 0.4) is 0 Å². The van der Waals surface area contributed by atoms with Crippen LogP contribution in [0.1, 0.15) is 37.0 Å². The lowest BCUT2D eigenvalue weighted by atomic mass is 9.76. The van der Waals surface area contributed by atoms with Crippen molar-refractivity contribution in [3.63, 3.8) is 0 Å². The molecule has 1 aromatic rings. The zero-order chi connectivity index (χ0) is 12.9. The van der Waals surface area contributed by atoms with Crippen LogP contribution >= 0.6 is 11.3 Å². The third-order valence-electron chi connectivity index (χ3n) is 5.22. The number of hydrogen-bond acceptors (Lipinski definition) is 3. The number of carbonyl (C=O) groups excluding carboxylic acids is 1. The van der Waals surface area contributed by atoms with Gasteiger partial charge in [0.2, 0.25) is 0 Å². The largest absolute Gasteiger partial charge is 0.444 e. The summed E-state index contributed by atoms with van der Waals surface area (Å²) in [7, 11) is 0. The molecule has 0 saturated heterocycles. The van der Waals surface area contributed by atoms with Gasteiger partial charge in [0.05, 0.1) is 0 Å². The smallest absolute Gasteiger partial charge is 0.407 e. The predicted molar refractivity (Wildman–Crippen MR) is 73.9 cm³/mol. The van der Waals surface area contributed by atoms with Crippen molar-refractivity contribution < 1.29 is 9.53 Å². The third kappa shape index (κ3) is 2.06. The van der Waals surface area contributed by atoms with E-state index in [1.165, 1.54) is 32.1 Å². The fraction of sp³-hybridized carbons (Fsp3) is 0.667. The van der Waals surface area contributed by atoms with Crippen LogP contribution in [-0.4, -0.2) is 11.6 Å². The van der Waals surface area contributed by atoms with Gasteiger partial charge in [-0.2, -0.15) is 0 Å². The van der Waals surface area contributed by atoms with Crippen molar-refractivity contribution in [3.8, 4) is 0 Å². The van der Waals surface area contributed by atoms with Gasteiger partial charge in [0.25, 0.3) is 0 Å². The number of alkyl carbamates (subject to hydrolysis) is 1. The number of thiophene rings is 1. The van der Waals surface area contributed by atoms with Crippen molar-refractivity contribution >= 4 is 17.4 Å². The highest BCUT2D eigenvalue weighted by molar-refractivity contribution is 7.09. The minimum Gasteiger partial charge on any atom is -0.444 e. The van der Waals surface area contributed by atoms with Crippen LogP contribution in [-0.2, 0) is 11.3 Å². The second-order valence-corrected chi connectivity index (χ2v) is 7.56. The minimum absolute atomic E-state index is 0.0725. The Labute approximate surface area is 117 Å². The molecule has 4 fully saturated rings. The van der Waals surface area contributed by atoms with E-state index in [1.54, 1.807) is 11.3 Å². The lowest BCUT2D eigenvalue weighted by Crippen LogP contribution is -2.50. The molecule has 102 valence electrons. The Morgan fingerprint density at radius 3 is 2.79 bits per heavy atom. The molecule has 4 bridgehead atoms. The second-order valence-electron chi connectivity index (χ2n) is 6.53. The molecule has 4 aliphatic carbocycles. The summed E-state index contributed by atoms with van der Waals surface area (Å²) in [5, 5.41) is 5.20. The van der Waals surface area contributed by atoms with E-state index in [0.29, 0.717) is 6.61 Å². The van der Waals surface area contributed by atoms with Gasteiger partial charge in [0, 0.05) is 10.4 Å². The van der Waals surface area contributed by atoms with E-state index in [0.717, 1.165) is 22.6 Å². The van der Waals surface area contributed by atoms with Crippen LogP contribution in [0.15, 0.2) is 17.5 Å². The molecular weight excluding hydrogens is 258 g/mol. The standard InChI is InChI=1S/C15H19NO2S/c17-14(18-9-13-2-1-3-19-13)16-15-6-10-4-11(7-15)12(5-10)8-15/h1-3,10-12H,4-9H2,(H,16,17). The lowest BCUT2D eigenvalue weighted by molar-refractivity contribution is 0.111. The van der Waals surface area contributed by atoms with E-state index in [9.17, 15) is 4.79 Å². The summed E-state index contributed by atoms with van der Waals surface area (Å²) >= 11 is 1.63. The summed E-state index contributed by atoms with van der Waals surface area (Å²) in [6.45, 7) is 0.399. The highest BCUT2D eigenvalue weighted by Crippen LogP contribution is 2.59. The molecule has 4 heteroatoms. The SMILES string of the molecule is O=C(NC12CC3CC(C1)C(C3)C2)OCc1cccs1. The van der Waals surface area contributed by atoms with Crippen molar-refractivity contribution in [3.05, 3.63) is 22.4 Å². The normalized spacial score (nSPS) is 38.6. The first-order valence-corrected chi connectivity index (χ1v) is 8.08. The molecule has 3 nitrogen and oxygen atoms in total. The maximum absolute atomic E-state index is 12.0. The van der Waals surface area contributed by atoms with Gasteiger partial charge in [-0.25, -0.2) is 4.79 Å². The molecule has 2 unspecified atom stereocenters. The molecule has 1 aromatic heterocycles. The molecule has 5 rings (SSSR count). The topological polar surface area (TPSA) is 38.3 Å². The Kier molecular flexibility index (Phi) is 2.62.